The fraction of sp³-hybridized carbons (Fsp3) is 0.227. The Hall–Kier alpha value is -3.66. The third-order valence-electron chi connectivity index (χ3n) is 5.38. The largest absolute Gasteiger partial charge is 0.344 e. The Morgan fingerprint density at radius 1 is 1.09 bits per heavy atom. The van der Waals surface area contributed by atoms with Gasteiger partial charge in [-0.1, -0.05) is 23.5 Å². The van der Waals surface area contributed by atoms with Crippen LogP contribution >= 0.6 is 11.3 Å². The normalized spacial score (nSPS) is 14.2. The molecule has 0 spiro atoms. The third-order valence-corrected chi connectivity index (χ3v) is 6.42. The van der Waals surface area contributed by atoms with E-state index in [1.807, 2.05) is 12.1 Å². The van der Waals surface area contributed by atoms with E-state index in [0.29, 0.717) is 31.9 Å². The van der Waals surface area contributed by atoms with Gasteiger partial charge in [-0.3, -0.25) is 9.59 Å². The molecule has 0 N–H and O–H groups in total. The molecular formula is C22H19FN6O2S. The first-order valence-corrected chi connectivity index (χ1v) is 10.9. The van der Waals surface area contributed by atoms with E-state index in [9.17, 15) is 14.0 Å². The van der Waals surface area contributed by atoms with Crippen LogP contribution in [0.2, 0.25) is 0 Å². The number of carbonyl (C=O) groups excluding carboxylic acids is 1. The van der Waals surface area contributed by atoms with E-state index in [4.69, 9.17) is 0 Å². The molecule has 0 saturated carbocycles. The number of para-hydroxylation sites is 1. The van der Waals surface area contributed by atoms with Crippen molar-refractivity contribution < 1.29 is 9.18 Å². The lowest BCUT2D eigenvalue weighted by Gasteiger charge is -2.34. The molecule has 3 aromatic heterocycles. The number of fused-ring (bicyclic) bond motifs is 1. The van der Waals surface area contributed by atoms with Gasteiger partial charge in [-0.15, -0.1) is 0 Å². The highest BCUT2D eigenvalue weighted by Crippen LogP contribution is 2.27. The van der Waals surface area contributed by atoms with E-state index < -0.39 is 17.2 Å². The van der Waals surface area contributed by atoms with E-state index in [-0.39, 0.29) is 11.4 Å². The Bertz CT molecular complexity index is 1340. The summed E-state index contributed by atoms with van der Waals surface area (Å²) in [5.74, 6) is -0.935. The van der Waals surface area contributed by atoms with Crippen molar-refractivity contribution in [1.82, 2.24) is 24.6 Å². The molecule has 1 aromatic carbocycles. The molecule has 1 aliphatic rings. The molecule has 10 heteroatoms. The van der Waals surface area contributed by atoms with E-state index in [0.717, 1.165) is 15.5 Å². The van der Waals surface area contributed by atoms with Crippen LogP contribution in [0.5, 0.6) is 0 Å². The molecule has 4 heterocycles. The number of halogens is 1. The van der Waals surface area contributed by atoms with Gasteiger partial charge in [0, 0.05) is 44.1 Å². The fourth-order valence-corrected chi connectivity index (χ4v) is 4.67. The average molecular weight is 450 g/mol. The minimum Gasteiger partial charge on any atom is -0.344 e. The van der Waals surface area contributed by atoms with Gasteiger partial charge < -0.3 is 9.80 Å². The Balaban J connectivity index is 1.36. The van der Waals surface area contributed by atoms with Crippen LogP contribution in [0.15, 0.2) is 53.5 Å². The minimum absolute atomic E-state index is 0.188. The number of carbonyl (C=O) groups is 1. The number of pyridine rings is 1. The molecular weight excluding hydrogens is 431 g/mol. The quantitative estimate of drug-likeness (QED) is 0.477. The Morgan fingerprint density at radius 2 is 1.88 bits per heavy atom. The van der Waals surface area contributed by atoms with Crippen molar-refractivity contribution in [2.45, 2.75) is 6.92 Å². The molecule has 0 bridgehead atoms. The van der Waals surface area contributed by atoms with Gasteiger partial charge in [0.15, 0.2) is 10.8 Å². The van der Waals surface area contributed by atoms with Gasteiger partial charge >= 0.3 is 0 Å². The van der Waals surface area contributed by atoms with Gasteiger partial charge in [0.2, 0.25) is 5.43 Å². The number of anilines is 1. The summed E-state index contributed by atoms with van der Waals surface area (Å²) in [6.45, 7) is 3.67. The topological polar surface area (TPSA) is 84.2 Å². The average Bonchev–Trinajstić information content (AvgIpc) is 3.24. The second kappa shape index (κ2) is 8.12. The molecule has 0 atom stereocenters. The summed E-state index contributed by atoms with van der Waals surface area (Å²) in [7, 11) is 0. The molecule has 1 saturated heterocycles. The molecule has 0 radical (unpaired) electrons. The van der Waals surface area contributed by atoms with E-state index in [1.54, 1.807) is 36.2 Å². The highest BCUT2D eigenvalue weighted by molar-refractivity contribution is 7.21. The number of rotatable bonds is 3. The maximum atomic E-state index is 14.3. The van der Waals surface area contributed by atoms with Crippen molar-refractivity contribution in [2.75, 3.05) is 31.1 Å². The van der Waals surface area contributed by atoms with Crippen LogP contribution < -0.4 is 10.3 Å². The smallest absolute Gasteiger partial charge is 0.278 e. The molecule has 162 valence electrons. The lowest BCUT2D eigenvalue weighted by molar-refractivity contribution is 0.0737. The van der Waals surface area contributed by atoms with Crippen LogP contribution in [0.1, 0.15) is 16.2 Å². The predicted octanol–water partition coefficient (Wildman–Crippen LogP) is 2.65. The number of amides is 1. The predicted molar refractivity (Wildman–Crippen MR) is 120 cm³/mol. The Kier molecular flexibility index (Phi) is 5.14. The molecule has 0 unspecified atom stereocenters. The number of piperazine rings is 1. The van der Waals surface area contributed by atoms with Crippen LogP contribution in [0, 0.1) is 12.7 Å². The van der Waals surface area contributed by atoms with E-state index in [1.165, 1.54) is 28.2 Å². The molecule has 32 heavy (non-hydrogen) atoms. The van der Waals surface area contributed by atoms with Crippen molar-refractivity contribution in [3.63, 3.8) is 0 Å². The first-order valence-electron chi connectivity index (χ1n) is 10.1. The standard InChI is InChI=1S/C22H19FN6O2S/c1-14-13-18(30)19(26-29(14)17-7-3-2-5-15(17)23)21(31)27-9-11-28(12-10-27)22-25-16-6-4-8-24-20(16)32-22/h2-8,13H,9-12H2,1H3. The Morgan fingerprint density at radius 3 is 2.62 bits per heavy atom. The lowest BCUT2D eigenvalue weighted by atomic mass is 10.2. The number of aryl methyl sites for hydroxylation is 1. The summed E-state index contributed by atoms with van der Waals surface area (Å²) in [6.07, 6.45) is 1.74. The van der Waals surface area contributed by atoms with Crippen LogP contribution in [0.25, 0.3) is 16.0 Å². The number of thiazole rings is 1. The summed E-state index contributed by atoms with van der Waals surface area (Å²) in [5.41, 5.74) is 0.805. The Labute approximate surface area is 186 Å². The van der Waals surface area contributed by atoms with Crippen molar-refractivity contribution in [2.24, 2.45) is 0 Å². The zero-order chi connectivity index (χ0) is 22.2. The van der Waals surface area contributed by atoms with Crippen molar-refractivity contribution in [3.8, 4) is 5.69 Å². The highest BCUT2D eigenvalue weighted by Gasteiger charge is 2.27. The van der Waals surface area contributed by atoms with Crippen molar-refractivity contribution in [3.05, 3.63) is 76.1 Å². The molecule has 1 fully saturated rings. The molecule has 5 rings (SSSR count). The minimum atomic E-state index is -0.482. The summed E-state index contributed by atoms with van der Waals surface area (Å²) in [4.78, 5) is 39.2. The van der Waals surface area contributed by atoms with Gasteiger partial charge in [-0.2, -0.15) is 5.10 Å². The SMILES string of the molecule is Cc1cc(=O)c(C(=O)N2CCN(c3nc4cccnc4s3)CC2)nn1-c1ccccc1F. The zero-order valence-electron chi connectivity index (χ0n) is 17.2. The van der Waals surface area contributed by atoms with Gasteiger partial charge in [0.05, 0.1) is 0 Å². The molecule has 8 nitrogen and oxygen atoms in total. The second-order valence-corrected chi connectivity index (χ2v) is 8.42. The molecule has 1 amide bonds. The van der Waals surface area contributed by atoms with Crippen LogP contribution in [0.4, 0.5) is 9.52 Å². The van der Waals surface area contributed by atoms with Gasteiger partial charge in [-0.05, 0) is 31.2 Å². The first kappa shape index (κ1) is 20.3. The number of aromatic nitrogens is 4. The lowest BCUT2D eigenvalue weighted by Crippen LogP contribution is -2.50. The third kappa shape index (κ3) is 3.62. The van der Waals surface area contributed by atoms with E-state index in [2.05, 4.69) is 20.0 Å². The summed E-state index contributed by atoms with van der Waals surface area (Å²) in [5, 5.41) is 5.09. The van der Waals surface area contributed by atoms with Gasteiger partial charge in [-0.25, -0.2) is 19.0 Å². The number of benzene rings is 1. The molecule has 0 aliphatic carbocycles. The van der Waals surface area contributed by atoms with Gasteiger partial charge in [0.25, 0.3) is 5.91 Å². The molecule has 1 aliphatic heterocycles. The fourth-order valence-electron chi connectivity index (χ4n) is 3.71. The second-order valence-electron chi connectivity index (χ2n) is 7.47. The van der Waals surface area contributed by atoms with Crippen LogP contribution in [-0.4, -0.2) is 56.7 Å². The van der Waals surface area contributed by atoms with Crippen LogP contribution in [-0.2, 0) is 0 Å². The maximum absolute atomic E-state index is 14.3. The highest BCUT2D eigenvalue weighted by atomic mass is 32.1. The first-order chi connectivity index (χ1) is 15.5. The number of hydrogen-bond acceptors (Lipinski definition) is 7. The van der Waals surface area contributed by atoms with Crippen molar-refractivity contribution in [1.29, 1.82) is 0 Å². The summed E-state index contributed by atoms with van der Waals surface area (Å²) >= 11 is 1.51. The number of hydrogen-bond donors (Lipinski definition) is 0. The summed E-state index contributed by atoms with van der Waals surface area (Å²) < 4.78 is 15.6. The number of nitrogens with zero attached hydrogens (tertiary/aromatic N) is 6. The molecule has 4 aromatic rings. The van der Waals surface area contributed by atoms with Crippen LogP contribution in [0.3, 0.4) is 0 Å². The monoisotopic (exact) mass is 450 g/mol. The van der Waals surface area contributed by atoms with Crippen molar-refractivity contribution >= 4 is 32.7 Å². The maximum Gasteiger partial charge on any atom is 0.278 e. The zero-order valence-corrected chi connectivity index (χ0v) is 18.0. The summed E-state index contributed by atoms with van der Waals surface area (Å²) in [6, 6.07) is 11.2. The van der Waals surface area contributed by atoms with E-state index >= 15 is 0 Å². The van der Waals surface area contributed by atoms with Gasteiger partial charge in [0.1, 0.15) is 21.9 Å².